The number of methoxy groups -OCH3 is 1. The van der Waals surface area contributed by atoms with Crippen molar-refractivity contribution in [2.24, 2.45) is 0 Å². The monoisotopic (exact) mass is 664 g/mol. The maximum Gasteiger partial charge on any atom is 1.00 e. The van der Waals surface area contributed by atoms with Crippen LogP contribution in [0.3, 0.4) is 0 Å². The summed E-state index contributed by atoms with van der Waals surface area (Å²) in [7, 11) is -4.11. The van der Waals surface area contributed by atoms with Crippen LogP contribution in [0.1, 0.15) is 24.6 Å². The van der Waals surface area contributed by atoms with Gasteiger partial charge in [-0.1, -0.05) is 11.6 Å². The van der Waals surface area contributed by atoms with Crippen molar-refractivity contribution in [2.45, 2.75) is 25.5 Å². The molecule has 1 amide bonds. The first kappa shape index (κ1) is 38.0. The number of aromatic nitrogens is 4. The summed E-state index contributed by atoms with van der Waals surface area (Å²) >= 11 is 6.80. The van der Waals surface area contributed by atoms with Crippen LogP contribution in [0.25, 0.3) is 5.65 Å². The van der Waals surface area contributed by atoms with Gasteiger partial charge in [-0.05, 0) is 25.5 Å². The van der Waals surface area contributed by atoms with E-state index in [1.54, 1.807) is 11.0 Å². The fraction of sp³-hybridized carbons (Fsp3) is 0.391. The van der Waals surface area contributed by atoms with E-state index >= 15 is 0 Å². The van der Waals surface area contributed by atoms with Gasteiger partial charge in [0.25, 0.3) is 0 Å². The third-order valence-electron chi connectivity index (χ3n) is 6.13. The summed E-state index contributed by atoms with van der Waals surface area (Å²) in [5, 5.41) is 32.4. The summed E-state index contributed by atoms with van der Waals surface area (Å²) in [5.74, 6) is 0.433. The number of carbonyl (C=O) groups excluding carboxylic acids is 1. The molecule has 0 radical (unpaired) electrons. The minimum absolute atomic E-state index is 0. The summed E-state index contributed by atoms with van der Waals surface area (Å²) in [6.07, 6.45) is 0.0710. The first-order chi connectivity index (χ1) is 20.1. The summed E-state index contributed by atoms with van der Waals surface area (Å²) in [4.78, 5) is 44.0. The zero-order valence-corrected chi connectivity index (χ0v) is 29.9. The molecule has 1 aliphatic heterocycles. The number of imidazole rings is 1. The third kappa shape index (κ3) is 9.40. The molecule has 2 atom stereocenters. The summed E-state index contributed by atoms with van der Waals surface area (Å²) in [5.41, 5.74) is 1.45. The van der Waals surface area contributed by atoms with Crippen molar-refractivity contribution in [3.05, 3.63) is 34.6 Å². The molecule has 0 saturated carbocycles. The number of hydrogen-bond acceptors (Lipinski definition) is 15. The van der Waals surface area contributed by atoms with E-state index in [2.05, 4.69) is 46.3 Å². The second-order valence-corrected chi connectivity index (χ2v) is 10.3. The average molecular weight is 665 g/mol. The zero-order chi connectivity index (χ0) is 30.4. The molecule has 1 aliphatic rings. The molecule has 1 saturated heterocycles. The van der Waals surface area contributed by atoms with Gasteiger partial charge in [0.2, 0.25) is 5.95 Å². The molecule has 3 N–H and O–H groups in total. The predicted molar refractivity (Wildman–Crippen MR) is 144 cm³/mol. The number of piperidine rings is 1. The van der Waals surface area contributed by atoms with Crippen LogP contribution in [0.4, 0.5) is 27.9 Å². The molecule has 1 aromatic carbocycles. The number of fused-ring (bicyclic) bond motifs is 1. The number of halogens is 1. The van der Waals surface area contributed by atoms with E-state index in [9.17, 15) is 29.7 Å². The van der Waals surface area contributed by atoms with Crippen LogP contribution in [0.2, 0.25) is 5.02 Å². The Balaban J connectivity index is 0.00000337. The van der Waals surface area contributed by atoms with Gasteiger partial charge < -0.3 is 49.2 Å². The number of amides is 1. The van der Waals surface area contributed by atoms with Crippen molar-refractivity contribution >= 4 is 54.3 Å². The van der Waals surface area contributed by atoms with Crippen molar-refractivity contribution in [1.82, 2.24) is 24.9 Å². The fourth-order valence-corrected chi connectivity index (χ4v) is 4.74. The molecule has 21 heteroatoms. The fourth-order valence-electron chi connectivity index (χ4n) is 4.27. The normalized spacial score (nSPS) is 16.1. The molecule has 1 fully saturated rings. The Labute approximate surface area is 301 Å². The average Bonchev–Trinajstić information content (AvgIpc) is 3.37. The van der Waals surface area contributed by atoms with E-state index in [1.165, 1.54) is 23.9 Å². The third-order valence-corrected chi connectivity index (χ3v) is 6.95. The number of alkyl carbamates (subject to hydrolysis) is 1. The molecule has 0 bridgehead atoms. The minimum Gasteiger partial charge on any atom is -0.790 e. The Morgan fingerprint density at radius 3 is 2.66 bits per heavy atom. The summed E-state index contributed by atoms with van der Waals surface area (Å²) < 4.78 is 26.6. The smallest absolute Gasteiger partial charge is 0.790 e. The summed E-state index contributed by atoms with van der Waals surface area (Å²) in [6.45, 7) is 1.91. The largest absolute Gasteiger partial charge is 1.00 e. The number of nitriles is 2. The second-order valence-electron chi connectivity index (χ2n) is 8.78. The number of phosphoric ester groups is 1. The topological polar surface area (TPSA) is 238 Å². The Hall–Kier alpha value is -2.22. The van der Waals surface area contributed by atoms with Crippen molar-refractivity contribution in [3.63, 3.8) is 0 Å². The van der Waals surface area contributed by atoms with Gasteiger partial charge >= 0.3 is 65.2 Å². The van der Waals surface area contributed by atoms with Crippen molar-refractivity contribution in [1.29, 1.82) is 10.5 Å². The molecule has 3 heterocycles. The van der Waals surface area contributed by atoms with Gasteiger partial charge in [-0.2, -0.15) is 20.0 Å². The summed E-state index contributed by atoms with van der Waals surface area (Å²) in [6, 6.07) is 6.52. The number of rotatable bonds is 10. The van der Waals surface area contributed by atoms with E-state index in [-0.39, 0.29) is 93.6 Å². The van der Waals surface area contributed by atoms with E-state index < -0.39 is 32.9 Å². The van der Waals surface area contributed by atoms with Crippen LogP contribution in [-0.2, 0) is 18.6 Å². The molecule has 0 aliphatic carbocycles. The van der Waals surface area contributed by atoms with Crippen LogP contribution in [0.5, 0.6) is 0 Å². The van der Waals surface area contributed by atoms with Gasteiger partial charge in [0.15, 0.2) is 24.0 Å². The number of nitrogens with zero attached hydrogens (tertiary/aromatic N) is 7. The molecule has 3 aromatic rings. The Bertz CT molecular complexity index is 1610. The van der Waals surface area contributed by atoms with Crippen molar-refractivity contribution < 1.29 is 92.3 Å². The van der Waals surface area contributed by atoms with Gasteiger partial charge in [0, 0.05) is 19.6 Å². The van der Waals surface area contributed by atoms with Gasteiger partial charge in [-0.25, -0.2) is 9.78 Å². The maximum atomic E-state index is 11.9. The van der Waals surface area contributed by atoms with Crippen LogP contribution >= 0.6 is 19.4 Å². The molecule has 4 rings (SSSR count). The molecular formula is C23H24ClN10Na2O7P. The Morgan fingerprint density at radius 1 is 1.27 bits per heavy atom. The molecule has 44 heavy (non-hydrogen) atoms. The standard InChI is InChI=1S/C23H26ClN10O7P.2Na/c1-3-27-20-21-28-10-14(9-26)34(21)32-22(31-20)29-16-6-13(8-25)7-17(19(16)24)33-5-4-15(30-23(35)39-2)18(11-33)40-12-41-42(36,37)38;;/h6-7,10,15,18H,3-5,11-12H2,1-2H3,(H,30,35)(H2,36,37,38)(H2,27,29,31,32);;/q;2*+1/p-2/t15-,18-;;/m1../s1. The Kier molecular flexibility index (Phi) is 14.6. The number of benzene rings is 1. The first-order valence-corrected chi connectivity index (χ1v) is 14.2. The maximum absolute atomic E-state index is 11.9. The molecule has 0 spiro atoms. The van der Waals surface area contributed by atoms with Gasteiger partial charge in [0.05, 0.1) is 61.3 Å². The molecule has 0 unspecified atom stereocenters. The number of carbonyl (C=O) groups is 1. The molecule has 222 valence electrons. The second kappa shape index (κ2) is 16.9. The van der Waals surface area contributed by atoms with Gasteiger partial charge in [0.1, 0.15) is 6.07 Å². The molecular weight excluding hydrogens is 641 g/mol. The van der Waals surface area contributed by atoms with Gasteiger partial charge in [-0.15, -0.1) is 5.10 Å². The SMILES string of the molecule is CCNc1nc(Nc2cc(C#N)cc(N3CC[C@@H](NC(=O)OC)[C@H](OCOP(=O)([O-])[O-])C3)c2Cl)nn2c(C#N)cnc12.[Na+].[Na+]. The minimum atomic E-state index is -5.30. The number of phosphoric acid groups is 1. The van der Waals surface area contributed by atoms with Crippen molar-refractivity contribution in [3.8, 4) is 12.1 Å². The van der Waals surface area contributed by atoms with Crippen molar-refractivity contribution in [2.75, 3.05) is 49.1 Å². The molecule has 17 nitrogen and oxygen atoms in total. The number of hydrogen-bond donors (Lipinski definition) is 3. The predicted octanol–water partition coefficient (Wildman–Crippen LogP) is -5.17. The quantitative estimate of drug-likeness (QED) is 0.104. The van der Waals surface area contributed by atoms with Gasteiger partial charge in [-0.3, -0.25) is 0 Å². The van der Waals surface area contributed by atoms with Crippen LogP contribution in [-0.4, -0.2) is 71.4 Å². The first-order valence-electron chi connectivity index (χ1n) is 12.3. The number of nitrogens with one attached hydrogen (secondary N) is 3. The number of anilines is 4. The van der Waals surface area contributed by atoms with Crippen LogP contribution in [0.15, 0.2) is 18.3 Å². The molecule has 2 aromatic heterocycles. The van der Waals surface area contributed by atoms with E-state index in [0.717, 1.165) is 0 Å². The number of ether oxygens (including phenoxy) is 2. The van der Waals surface area contributed by atoms with E-state index in [4.69, 9.17) is 16.3 Å². The van der Waals surface area contributed by atoms with Crippen LogP contribution in [0, 0.1) is 22.7 Å². The zero-order valence-electron chi connectivity index (χ0n) is 24.2. The Morgan fingerprint density at radius 2 is 2.02 bits per heavy atom. The van der Waals surface area contributed by atoms with Crippen LogP contribution < -0.4 is 89.8 Å². The van der Waals surface area contributed by atoms with E-state index in [1.807, 2.05) is 13.0 Å². The van der Waals surface area contributed by atoms with E-state index in [0.29, 0.717) is 36.7 Å².